The Bertz CT molecular complexity index is 509. The fraction of sp³-hybridized carbons (Fsp3) is 0. The van der Waals surface area contributed by atoms with Crippen LogP contribution in [0.15, 0.2) is 42.1 Å². The Morgan fingerprint density at radius 2 is 2.19 bits per heavy atom. The number of benzene rings is 1. The van der Waals surface area contributed by atoms with Crippen molar-refractivity contribution in [2.75, 3.05) is 0 Å². The van der Waals surface area contributed by atoms with E-state index in [4.69, 9.17) is 23.2 Å². The molecular weight excluding hydrogens is 263 g/mol. The van der Waals surface area contributed by atoms with Crippen LogP contribution in [0.2, 0.25) is 10.0 Å². The van der Waals surface area contributed by atoms with Crippen LogP contribution in [0.1, 0.15) is 5.82 Å². The summed E-state index contributed by atoms with van der Waals surface area (Å²) in [5.41, 5.74) is 0. The zero-order chi connectivity index (χ0) is 11.5. The van der Waals surface area contributed by atoms with Crippen molar-refractivity contribution >= 4 is 39.9 Å². The molecule has 2 aromatic rings. The second-order valence-electron chi connectivity index (χ2n) is 3.01. The number of H-pyrrole nitrogens is 1. The fourth-order valence-corrected chi connectivity index (χ4v) is 2.45. The van der Waals surface area contributed by atoms with Gasteiger partial charge in [0, 0.05) is 22.2 Å². The molecule has 1 heterocycles. The third-order valence-corrected chi connectivity index (χ3v) is 3.84. The Balaban J connectivity index is 2.22. The lowest BCUT2D eigenvalue weighted by Crippen LogP contribution is -1.82. The van der Waals surface area contributed by atoms with Gasteiger partial charge in [-0.05, 0) is 12.1 Å². The summed E-state index contributed by atoms with van der Waals surface area (Å²) in [5.74, 6) is 0.737. The topological polar surface area (TPSA) is 28.7 Å². The smallest absolute Gasteiger partial charge is 0.143 e. The van der Waals surface area contributed by atoms with Gasteiger partial charge in [-0.15, -0.1) is 0 Å². The Kier molecular flexibility index (Phi) is 3.59. The minimum absolute atomic E-state index is 0.541. The third-order valence-electron chi connectivity index (χ3n) is 1.91. The molecular formula is C11H8Cl2N2S. The van der Waals surface area contributed by atoms with Crippen molar-refractivity contribution in [3.05, 3.63) is 53.0 Å². The zero-order valence-corrected chi connectivity index (χ0v) is 10.5. The number of rotatable bonds is 3. The standard InChI is InChI=1S/C11H8Cl2N2S/c1-7(11-14-5-6-15-11)16-9-4-2-3-8(12)10(9)13/h2-6H,1H2,(H,14,15). The Labute approximate surface area is 108 Å². The third kappa shape index (κ3) is 2.43. The van der Waals surface area contributed by atoms with Crippen LogP contribution in [-0.2, 0) is 0 Å². The van der Waals surface area contributed by atoms with Crippen molar-refractivity contribution in [1.29, 1.82) is 0 Å². The number of halogens is 2. The first-order chi connectivity index (χ1) is 7.68. The molecule has 0 amide bonds. The quantitative estimate of drug-likeness (QED) is 0.834. The van der Waals surface area contributed by atoms with Crippen molar-refractivity contribution in [3.63, 3.8) is 0 Å². The number of aromatic nitrogens is 2. The summed E-state index contributed by atoms with van der Waals surface area (Å²) in [5, 5.41) is 1.08. The molecule has 0 fully saturated rings. The highest BCUT2D eigenvalue weighted by atomic mass is 35.5. The molecule has 0 aliphatic heterocycles. The first-order valence-corrected chi connectivity index (χ1v) is 6.06. The second kappa shape index (κ2) is 4.95. The van der Waals surface area contributed by atoms with E-state index in [1.165, 1.54) is 11.8 Å². The van der Waals surface area contributed by atoms with E-state index < -0.39 is 0 Å². The average Bonchev–Trinajstić information content (AvgIpc) is 2.78. The van der Waals surface area contributed by atoms with Crippen LogP contribution in [0.3, 0.4) is 0 Å². The molecule has 82 valence electrons. The van der Waals surface area contributed by atoms with E-state index >= 15 is 0 Å². The Hall–Kier alpha value is -0.900. The molecule has 16 heavy (non-hydrogen) atoms. The summed E-state index contributed by atoms with van der Waals surface area (Å²) < 4.78 is 0. The normalized spacial score (nSPS) is 10.4. The maximum atomic E-state index is 6.07. The Morgan fingerprint density at radius 1 is 1.38 bits per heavy atom. The number of nitrogens with one attached hydrogen (secondary N) is 1. The molecule has 0 aliphatic carbocycles. The van der Waals surface area contributed by atoms with Gasteiger partial charge >= 0.3 is 0 Å². The number of aromatic amines is 1. The van der Waals surface area contributed by atoms with Crippen LogP contribution in [0.4, 0.5) is 0 Å². The van der Waals surface area contributed by atoms with E-state index in [0.29, 0.717) is 10.0 Å². The van der Waals surface area contributed by atoms with E-state index in [1.807, 2.05) is 12.1 Å². The van der Waals surface area contributed by atoms with Gasteiger partial charge < -0.3 is 4.98 Å². The van der Waals surface area contributed by atoms with Crippen molar-refractivity contribution in [2.24, 2.45) is 0 Å². The number of nitrogens with zero attached hydrogens (tertiary/aromatic N) is 1. The van der Waals surface area contributed by atoms with E-state index in [0.717, 1.165) is 15.6 Å². The first kappa shape index (κ1) is 11.6. The van der Waals surface area contributed by atoms with Crippen LogP contribution in [0.25, 0.3) is 4.91 Å². The summed E-state index contributed by atoms with van der Waals surface area (Å²) in [6, 6.07) is 5.50. The summed E-state index contributed by atoms with van der Waals surface area (Å²) in [4.78, 5) is 8.77. The van der Waals surface area contributed by atoms with Gasteiger partial charge in [0.2, 0.25) is 0 Å². The molecule has 0 unspecified atom stereocenters. The van der Waals surface area contributed by atoms with Gasteiger partial charge in [0.25, 0.3) is 0 Å². The molecule has 2 rings (SSSR count). The molecule has 0 saturated heterocycles. The molecule has 2 nitrogen and oxygen atoms in total. The largest absolute Gasteiger partial charge is 0.344 e. The summed E-state index contributed by atoms with van der Waals surface area (Å²) in [6.07, 6.45) is 3.43. The first-order valence-electron chi connectivity index (χ1n) is 4.49. The van der Waals surface area contributed by atoms with E-state index in [2.05, 4.69) is 16.5 Å². The summed E-state index contributed by atoms with van der Waals surface area (Å²) >= 11 is 13.4. The minimum atomic E-state index is 0.541. The van der Waals surface area contributed by atoms with E-state index in [9.17, 15) is 0 Å². The number of hydrogen-bond acceptors (Lipinski definition) is 2. The van der Waals surface area contributed by atoms with Gasteiger partial charge in [-0.3, -0.25) is 0 Å². The van der Waals surface area contributed by atoms with Gasteiger partial charge in [0.15, 0.2) is 0 Å². The predicted molar refractivity (Wildman–Crippen MR) is 69.9 cm³/mol. The van der Waals surface area contributed by atoms with Crippen LogP contribution < -0.4 is 0 Å². The summed E-state index contributed by atoms with van der Waals surface area (Å²) in [7, 11) is 0. The molecule has 5 heteroatoms. The van der Waals surface area contributed by atoms with Crippen LogP contribution >= 0.6 is 35.0 Å². The lowest BCUT2D eigenvalue weighted by atomic mass is 10.4. The van der Waals surface area contributed by atoms with Crippen molar-refractivity contribution in [2.45, 2.75) is 4.90 Å². The van der Waals surface area contributed by atoms with Gasteiger partial charge in [0.1, 0.15) is 5.82 Å². The lowest BCUT2D eigenvalue weighted by molar-refractivity contribution is 1.26. The molecule has 0 saturated carbocycles. The SMILES string of the molecule is C=C(Sc1cccc(Cl)c1Cl)c1ncc[nH]1. The summed E-state index contributed by atoms with van der Waals surface area (Å²) in [6.45, 7) is 3.93. The van der Waals surface area contributed by atoms with Crippen LogP contribution in [0, 0.1) is 0 Å². The van der Waals surface area contributed by atoms with Gasteiger partial charge in [0.05, 0.1) is 10.0 Å². The molecule has 0 atom stereocenters. The average molecular weight is 271 g/mol. The predicted octanol–water partition coefficient (Wildman–Crippen LogP) is 4.48. The Morgan fingerprint density at radius 3 is 2.88 bits per heavy atom. The maximum absolute atomic E-state index is 6.07. The zero-order valence-electron chi connectivity index (χ0n) is 8.21. The molecule has 1 aromatic heterocycles. The fourth-order valence-electron chi connectivity index (χ4n) is 1.16. The lowest BCUT2D eigenvalue weighted by Gasteiger charge is -2.05. The van der Waals surface area contributed by atoms with Gasteiger partial charge in [-0.25, -0.2) is 4.98 Å². The van der Waals surface area contributed by atoms with Gasteiger partial charge in [-0.1, -0.05) is 47.6 Å². The van der Waals surface area contributed by atoms with Gasteiger partial charge in [-0.2, -0.15) is 0 Å². The molecule has 0 bridgehead atoms. The van der Waals surface area contributed by atoms with Crippen LogP contribution in [-0.4, -0.2) is 9.97 Å². The highest BCUT2D eigenvalue weighted by Crippen LogP contribution is 2.38. The highest BCUT2D eigenvalue weighted by molar-refractivity contribution is 8.08. The number of imidazole rings is 1. The van der Waals surface area contributed by atoms with Crippen molar-refractivity contribution in [3.8, 4) is 0 Å². The second-order valence-corrected chi connectivity index (χ2v) is 4.94. The number of thioether (sulfide) groups is 1. The van der Waals surface area contributed by atoms with Crippen molar-refractivity contribution < 1.29 is 0 Å². The molecule has 1 N–H and O–H groups in total. The number of hydrogen-bond donors (Lipinski definition) is 1. The van der Waals surface area contributed by atoms with Crippen LogP contribution in [0.5, 0.6) is 0 Å². The molecule has 0 aliphatic rings. The van der Waals surface area contributed by atoms with E-state index in [1.54, 1.807) is 18.5 Å². The van der Waals surface area contributed by atoms with E-state index in [-0.39, 0.29) is 0 Å². The van der Waals surface area contributed by atoms with Crippen molar-refractivity contribution in [1.82, 2.24) is 9.97 Å². The maximum Gasteiger partial charge on any atom is 0.143 e. The highest BCUT2D eigenvalue weighted by Gasteiger charge is 2.08. The molecule has 0 spiro atoms. The molecule has 1 aromatic carbocycles. The monoisotopic (exact) mass is 270 g/mol. The minimum Gasteiger partial charge on any atom is -0.344 e. The molecule has 0 radical (unpaired) electrons.